The molecular formula is C8H14O3S. The van der Waals surface area contributed by atoms with Crippen molar-refractivity contribution in [1.82, 2.24) is 0 Å². The molecule has 3 nitrogen and oxygen atoms in total. The lowest BCUT2D eigenvalue weighted by atomic mass is 10.3. The van der Waals surface area contributed by atoms with E-state index in [0.29, 0.717) is 6.61 Å². The summed E-state index contributed by atoms with van der Waals surface area (Å²) in [7, 11) is 0. The van der Waals surface area contributed by atoms with Gasteiger partial charge in [-0.15, -0.1) is 0 Å². The highest BCUT2D eigenvalue weighted by Gasteiger charge is 2.05. The first-order valence-electron chi connectivity index (χ1n) is 3.93. The van der Waals surface area contributed by atoms with Crippen LogP contribution in [0.25, 0.3) is 0 Å². The molecule has 0 aliphatic rings. The highest BCUT2D eigenvalue weighted by atomic mass is 32.2. The van der Waals surface area contributed by atoms with Crippen molar-refractivity contribution in [2.45, 2.75) is 26.2 Å². The van der Waals surface area contributed by atoms with Gasteiger partial charge in [-0.05, 0) is 12.7 Å². The lowest BCUT2D eigenvalue weighted by Gasteiger charge is -2.00. The zero-order valence-electron chi connectivity index (χ0n) is 7.46. The van der Waals surface area contributed by atoms with Gasteiger partial charge in [-0.1, -0.05) is 18.7 Å². The number of carbonyl (C=O) groups is 2. The maximum atomic E-state index is 10.8. The van der Waals surface area contributed by atoms with Crippen molar-refractivity contribution >= 4 is 22.8 Å². The summed E-state index contributed by atoms with van der Waals surface area (Å²) in [5, 5.41) is 0.0310. The number of rotatable bonds is 5. The Hall–Kier alpha value is -0.510. The third kappa shape index (κ3) is 6.22. The Labute approximate surface area is 76.9 Å². The van der Waals surface area contributed by atoms with Gasteiger partial charge in [-0.2, -0.15) is 0 Å². The normalized spacial score (nSPS) is 9.50. The van der Waals surface area contributed by atoms with E-state index < -0.39 is 0 Å². The first-order chi connectivity index (χ1) is 5.70. The summed E-state index contributed by atoms with van der Waals surface area (Å²) in [6.45, 7) is 2.38. The predicted molar refractivity (Wildman–Crippen MR) is 49.0 cm³/mol. The van der Waals surface area contributed by atoms with Gasteiger partial charge in [0.1, 0.15) is 0 Å². The monoisotopic (exact) mass is 190 g/mol. The highest BCUT2D eigenvalue weighted by molar-refractivity contribution is 8.13. The van der Waals surface area contributed by atoms with Crippen LogP contribution in [0.2, 0.25) is 0 Å². The van der Waals surface area contributed by atoms with E-state index in [1.807, 2.05) is 6.92 Å². The highest BCUT2D eigenvalue weighted by Crippen LogP contribution is 2.03. The number of hydrogen-bond donors (Lipinski definition) is 0. The van der Waals surface area contributed by atoms with Crippen LogP contribution in [0.15, 0.2) is 0 Å². The average Bonchev–Trinajstić information content (AvgIpc) is 2.10. The van der Waals surface area contributed by atoms with Gasteiger partial charge in [-0.25, -0.2) is 0 Å². The fraction of sp³-hybridized carbons (Fsp3) is 0.750. The molecule has 0 fully saturated rings. The van der Waals surface area contributed by atoms with Crippen molar-refractivity contribution in [3.63, 3.8) is 0 Å². The van der Waals surface area contributed by atoms with E-state index in [0.717, 1.165) is 18.2 Å². The molecule has 0 spiro atoms. The molecule has 0 aromatic rings. The topological polar surface area (TPSA) is 43.4 Å². The van der Waals surface area contributed by atoms with E-state index in [-0.39, 0.29) is 23.9 Å². The van der Waals surface area contributed by atoms with Crippen LogP contribution in [0.3, 0.4) is 0 Å². The largest absolute Gasteiger partial charge is 0.466 e. The van der Waals surface area contributed by atoms with Crippen LogP contribution >= 0.6 is 11.8 Å². The van der Waals surface area contributed by atoms with Crippen LogP contribution in [0.5, 0.6) is 0 Å². The number of hydrogen-bond acceptors (Lipinski definition) is 4. The first kappa shape index (κ1) is 11.5. The maximum Gasteiger partial charge on any atom is 0.306 e. The average molecular weight is 190 g/mol. The predicted octanol–water partition coefficient (Wildman–Crippen LogP) is 1.61. The Morgan fingerprint density at radius 2 is 2.00 bits per heavy atom. The number of thioether (sulfide) groups is 1. The lowest BCUT2D eigenvalue weighted by molar-refractivity contribution is -0.144. The van der Waals surface area contributed by atoms with Crippen LogP contribution in [0.1, 0.15) is 26.2 Å². The summed E-state index contributed by atoms with van der Waals surface area (Å²) in [4.78, 5) is 21.6. The van der Waals surface area contributed by atoms with E-state index in [2.05, 4.69) is 0 Å². The SMILES string of the molecule is CCCOC(=O)CCC(=O)SC. The Morgan fingerprint density at radius 3 is 2.50 bits per heavy atom. The molecule has 0 aromatic heterocycles. The summed E-state index contributed by atoms with van der Waals surface area (Å²) >= 11 is 1.14. The molecule has 0 aliphatic heterocycles. The van der Waals surface area contributed by atoms with Crippen LogP contribution < -0.4 is 0 Å². The Morgan fingerprint density at radius 1 is 1.33 bits per heavy atom. The third-order valence-electron chi connectivity index (χ3n) is 1.23. The molecule has 0 rings (SSSR count). The number of carbonyl (C=O) groups excluding carboxylic acids is 2. The summed E-state index contributed by atoms with van der Waals surface area (Å²) in [6.07, 6.45) is 3.02. The molecule has 0 heterocycles. The molecule has 0 aliphatic carbocycles. The standard InChI is InChI=1S/C8H14O3S/c1-3-6-11-7(9)4-5-8(10)12-2/h3-6H2,1-2H3. The van der Waals surface area contributed by atoms with Gasteiger partial charge >= 0.3 is 5.97 Å². The van der Waals surface area contributed by atoms with Gasteiger partial charge in [0.05, 0.1) is 13.0 Å². The summed E-state index contributed by atoms with van der Waals surface area (Å²) < 4.78 is 4.79. The summed E-state index contributed by atoms with van der Waals surface area (Å²) in [6, 6.07) is 0. The summed E-state index contributed by atoms with van der Waals surface area (Å²) in [5.41, 5.74) is 0. The van der Waals surface area contributed by atoms with Gasteiger partial charge in [0.15, 0.2) is 5.12 Å². The lowest BCUT2D eigenvalue weighted by Crippen LogP contribution is -2.06. The van der Waals surface area contributed by atoms with E-state index in [1.54, 1.807) is 6.26 Å². The van der Waals surface area contributed by atoms with Crippen molar-refractivity contribution in [3.8, 4) is 0 Å². The van der Waals surface area contributed by atoms with E-state index in [9.17, 15) is 9.59 Å². The van der Waals surface area contributed by atoms with Crippen LogP contribution in [-0.2, 0) is 14.3 Å². The molecule has 0 unspecified atom stereocenters. The van der Waals surface area contributed by atoms with Crippen molar-refractivity contribution in [3.05, 3.63) is 0 Å². The summed E-state index contributed by atoms with van der Waals surface area (Å²) in [5.74, 6) is -0.278. The van der Waals surface area contributed by atoms with Crippen LogP contribution in [0.4, 0.5) is 0 Å². The second-order valence-corrected chi connectivity index (χ2v) is 3.16. The second kappa shape index (κ2) is 7.16. The molecule has 12 heavy (non-hydrogen) atoms. The van der Waals surface area contributed by atoms with Gasteiger partial charge in [0, 0.05) is 6.42 Å². The molecule has 0 atom stereocenters. The third-order valence-corrected chi connectivity index (χ3v) is 1.89. The van der Waals surface area contributed by atoms with Crippen molar-refractivity contribution < 1.29 is 14.3 Å². The van der Waals surface area contributed by atoms with Crippen molar-refractivity contribution in [2.24, 2.45) is 0 Å². The van der Waals surface area contributed by atoms with Gasteiger partial charge < -0.3 is 4.74 Å². The van der Waals surface area contributed by atoms with Crippen LogP contribution in [-0.4, -0.2) is 23.9 Å². The zero-order chi connectivity index (χ0) is 9.40. The Bertz CT molecular complexity index is 156. The minimum Gasteiger partial charge on any atom is -0.466 e. The molecule has 4 heteroatoms. The first-order valence-corrected chi connectivity index (χ1v) is 5.15. The minimum atomic E-state index is -0.278. The van der Waals surface area contributed by atoms with Crippen molar-refractivity contribution in [2.75, 3.05) is 12.9 Å². The molecular weight excluding hydrogens is 176 g/mol. The van der Waals surface area contributed by atoms with Gasteiger partial charge in [-0.3, -0.25) is 9.59 Å². The van der Waals surface area contributed by atoms with Gasteiger partial charge in [0.25, 0.3) is 0 Å². The number of ether oxygens (including phenoxy) is 1. The molecule has 0 saturated carbocycles. The number of esters is 1. The molecule has 0 saturated heterocycles. The molecule has 70 valence electrons. The Balaban J connectivity index is 3.37. The Kier molecular flexibility index (Phi) is 6.85. The zero-order valence-corrected chi connectivity index (χ0v) is 8.28. The quantitative estimate of drug-likeness (QED) is 0.618. The minimum absolute atomic E-state index is 0.0310. The van der Waals surface area contributed by atoms with E-state index >= 15 is 0 Å². The molecule has 0 radical (unpaired) electrons. The molecule has 0 amide bonds. The second-order valence-electron chi connectivity index (χ2n) is 2.30. The van der Waals surface area contributed by atoms with Crippen molar-refractivity contribution in [1.29, 1.82) is 0 Å². The molecule has 0 N–H and O–H groups in total. The van der Waals surface area contributed by atoms with Crippen LogP contribution in [0, 0.1) is 0 Å². The van der Waals surface area contributed by atoms with E-state index in [4.69, 9.17) is 4.74 Å². The molecule has 0 bridgehead atoms. The maximum absolute atomic E-state index is 10.8. The molecule has 0 aromatic carbocycles. The van der Waals surface area contributed by atoms with E-state index in [1.165, 1.54) is 0 Å². The fourth-order valence-corrected chi connectivity index (χ4v) is 0.900. The van der Waals surface area contributed by atoms with Gasteiger partial charge in [0.2, 0.25) is 0 Å². The smallest absolute Gasteiger partial charge is 0.306 e. The fourth-order valence-electron chi connectivity index (χ4n) is 0.594.